The van der Waals surface area contributed by atoms with E-state index in [2.05, 4.69) is 21.9 Å². The molecule has 0 aliphatic rings. The van der Waals surface area contributed by atoms with E-state index in [9.17, 15) is 14.5 Å². The van der Waals surface area contributed by atoms with Gasteiger partial charge in [0.2, 0.25) is 0 Å². The van der Waals surface area contributed by atoms with E-state index in [0.717, 1.165) is 6.07 Å². The molecule has 0 aliphatic heterocycles. The monoisotopic (exact) mass is 236 g/mol. The summed E-state index contributed by atoms with van der Waals surface area (Å²) >= 11 is 0. The van der Waals surface area contributed by atoms with Crippen molar-refractivity contribution in [1.82, 2.24) is 0 Å². The van der Waals surface area contributed by atoms with Crippen LogP contribution in [0.25, 0.3) is 10.4 Å². The Bertz CT molecular complexity index is 570. The lowest BCUT2D eigenvalue weighted by Crippen LogP contribution is -1.92. The SMILES string of the molecule is [N-]=[N+]=NCC#Cc1cc([N+](=O)[O-])c(O)cc1F. The Morgan fingerprint density at radius 2 is 2.35 bits per heavy atom. The summed E-state index contributed by atoms with van der Waals surface area (Å²) in [6.45, 7) is -0.176. The van der Waals surface area contributed by atoms with Crippen LogP contribution >= 0.6 is 0 Å². The molecule has 0 fully saturated rings. The summed E-state index contributed by atoms with van der Waals surface area (Å²) in [4.78, 5) is 12.0. The number of nitro groups is 1. The molecule has 1 aromatic rings. The van der Waals surface area contributed by atoms with Crippen LogP contribution in [0.4, 0.5) is 10.1 Å². The molecule has 0 aliphatic carbocycles. The van der Waals surface area contributed by atoms with Gasteiger partial charge in [-0.3, -0.25) is 10.1 Å². The lowest BCUT2D eigenvalue weighted by molar-refractivity contribution is -0.385. The number of nitro benzene ring substituents is 1. The van der Waals surface area contributed by atoms with Gasteiger partial charge in [0.1, 0.15) is 5.82 Å². The van der Waals surface area contributed by atoms with Crippen molar-refractivity contribution in [2.75, 3.05) is 6.54 Å². The topological polar surface area (TPSA) is 112 Å². The van der Waals surface area contributed by atoms with E-state index in [-0.39, 0.29) is 12.1 Å². The number of halogens is 1. The zero-order chi connectivity index (χ0) is 12.8. The average molecular weight is 236 g/mol. The molecule has 0 aromatic heterocycles. The van der Waals surface area contributed by atoms with E-state index in [1.54, 1.807) is 0 Å². The van der Waals surface area contributed by atoms with E-state index in [0.29, 0.717) is 6.07 Å². The van der Waals surface area contributed by atoms with Crippen molar-refractivity contribution in [1.29, 1.82) is 0 Å². The van der Waals surface area contributed by atoms with Gasteiger partial charge in [-0.1, -0.05) is 17.0 Å². The maximum atomic E-state index is 13.2. The molecular weight excluding hydrogens is 231 g/mol. The molecule has 86 valence electrons. The van der Waals surface area contributed by atoms with Crippen molar-refractivity contribution < 1.29 is 14.4 Å². The number of rotatable bonds is 2. The number of benzene rings is 1. The molecule has 1 N–H and O–H groups in total. The lowest BCUT2D eigenvalue weighted by atomic mass is 10.2. The Morgan fingerprint density at radius 3 is 2.94 bits per heavy atom. The van der Waals surface area contributed by atoms with Gasteiger partial charge in [0.25, 0.3) is 0 Å². The van der Waals surface area contributed by atoms with Crippen LogP contribution in [0.2, 0.25) is 0 Å². The molecule has 8 heteroatoms. The number of aromatic hydroxyl groups is 1. The maximum Gasteiger partial charge on any atom is 0.312 e. The minimum absolute atomic E-state index is 0.176. The fourth-order valence-corrected chi connectivity index (χ4v) is 0.995. The van der Waals surface area contributed by atoms with Crippen molar-refractivity contribution in [2.24, 2.45) is 5.11 Å². The third kappa shape index (κ3) is 3.09. The van der Waals surface area contributed by atoms with Crippen LogP contribution in [-0.2, 0) is 0 Å². The van der Waals surface area contributed by atoms with E-state index in [1.807, 2.05) is 0 Å². The van der Waals surface area contributed by atoms with Gasteiger partial charge < -0.3 is 5.11 Å². The smallest absolute Gasteiger partial charge is 0.312 e. The first-order valence-electron chi connectivity index (χ1n) is 4.23. The molecule has 1 aromatic carbocycles. The van der Waals surface area contributed by atoms with Crippen molar-refractivity contribution in [3.8, 4) is 17.6 Å². The predicted molar refractivity (Wildman–Crippen MR) is 55.6 cm³/mol. The molecule has 1 rings (SSSR count). The molecule has 0 spiro atoms. The van der Waals surface area contributed by atoms with E-state index in [4.69, 9.17) is 10.6 Å². The zero-order valence-electron chi connectivity index (χ0n) is 8.29. The standard InChI is InChI=1S/C9H5FN4O3/c10-7-5-9(15)8(14(16)17)4-6(7)2-1-3-12-13-11/h4-5,15H,3H2. The Kier molecular flexibility index (Phi) is 3.86. The van der Waals surface area contributed by atoms with Gasteiger partial charge in [0, 0.05) is 17.0 Å². The molecular formula is C9H5FN4O3. The molecule has 0 heterocycles. The van der Waals surface area contributed by atoms with Crippen LogP contribution in [0.1, 0.15) is 5.56 Å². The number of hydrogen-bond acceptors (Lipinski definition) is 4. The quantitative estimate of drug-likeness (QED) is 0.212. The summed E-state index contributed by atoms with van der Waals surface area (Å²) in [7, 11) is 0. The molecule has 17 heavy (non-hydrogen) atoms. The van der Waals surface area contributed by atoms with Crippen molar-refractivity contribution in [3.63, 3.8) is 0 Å². The summed E-state index contributed by atoms with van der Waals surface area (Å²) in [5, 5.41) is 22.7. The first-order valence-corrected chi connectivity index (χ1v) is 4.23. The number of phenols is 1. The second-order valence-corrected chi connectivity index (χ2v) is 2.77. The highest BCUT2D eigenvalue weighted by molar-refractivity contribution is 5.52. The number of hydrogen-bond donors (Lipinski definition) is 1. The molecule has 0 bridgehead atoms. The largest absolute Gasteiger partial charge is 0.502 e. The first kappa shape index (κ1) is 12.3. The zero-order valence-corrected chi connectivity index (χ0v) is 8.29. The number of nitrogens with zero attached hydrogens (tertiary/aromatic N) is 4. The second kappa shape index (κ2) is 5.34. The van der Waals surface area contributed by atoms with Crippen LogP contribution in [-0.4, -0.2) is 16.6 Å². The molecule has 7 nitrogen and oxygen atoms in total. The van der Waals surface area contributed by atoms with Gasteiger partial charge in [-0.2, -0.15) is 0 Å². The van der Waals surface area contributed by atoms with E-state index < -0.39 is 22.2 Å². The minimum atomic E-state index is -0.887. The predicted octanol–water partition coefficient (Wildman–Crippen LogP) is 2.10. The van der Waals surface area contributed by atoms with Crippen LogP contribution in [0, 0.1) is 27.8 Å². The van der Waals surface area contributed by atoms with E-state index >= 15 is 0 Å². The Balaban J connectivity index is 3.14. The van der Waals surface area contributed by atoms with Crippen molar-refractivity contribution >= 4 is 5.69 Å². The van der Waals surface area contributed by atoms with E-state index in [1.165, 1.54) is 0 Å². The van der Waals surface area contributed by atoms with Crippen molar-refractivity contribution in [2.45, 2.75) is 0 Å². The van der Waals surface area contributed by atoms with Crippen LogP contribution in [0.5, 0.6) is 5.75 Å². The molecule has 0 radical (unpaired) electrons. The maximum absolute atomic E-state index is 13.2. The highest BCUT2D eigenvalue weighted by Crippen LogP contribution is 2.28. The Hall–Kier alpha value is -2.78. The lowest BCUT2D eigenvalue weighted by Gasteiger charge is -1.98. The third-order valence-electron chi connectivity index (χ3n) is 1.70. The molecule has 0 unspecified atom stereocenters. The second-order valence-electron chi connectivity index (χ2n) is 2.77. The van der Waals surface area contributed by atoms with Crippen LogP contribution in [0.15, 0.2) is 17.2 Å². The molecule has 0 amide bonds. The highest BCUT2D eigenvalue weighted by atomic mass is 19.1. The van der Waals surface area contributed by atoms with Gasteiger partial charge in [-0.05, 0) is 5.53 Å². The molecule has 0 saturated heterocycles. The fraction of sp³-hybridized carbons (Fsp3) is 0.111. The normalized spacial score (nSPS) is 8.76. The van der Waals surface area contributed by atoms with Gasteiger partial charge >= 0.3 is 5.69 Å². The van der Waals surface area contributed by atoms with Gasteiger partial charge in [-0.25, -0.2) is 4.39 Å². The number of phenolic OH excluding ortho intramolecular Hbond substituents is 1. The first-order chi connectivity index (χ1) is 8.06. The van der Waals surface area contributed by atoms with Gasteiger partial charge in [0.15, 0.2) is 5.75 Å². The van der Waals surface area contributed by atoms with Crippen molar-refractivity contribution in [3.05, 3.63) is 44.1 Å². The summed E-state index contributed by atoms with van der Waals surface area (Å²) in [5.74, 6) is 2.92. The van der Waals surface area contributed by atoms with Crippen LogP contribution < -0.4 is 0 Å². The third-order valence-corrected chi connectivity index (χ3v) is 1.70. The fourth-order valence-electron chi connectivity index (χ4n) is 0.995. The summed E-state index contributed by atoms with van der Waals surface area (Å²) in [6, 6.07) is 1.42. The molecule has 0 saturated carbocycles. The minimum Gasteiger partial charge on any atom is -0.502 e. The number of azide groups is 1. The Morgan fingerprint density at radius 1 is 1.65 bits per heavy atom. The van der Waals surface area contributed by atoms with Gasteiger partial charge in [-0.15, -0.1) is 0 Å². The van der Waals surface area contributed by atoms with Gasteiger partial charge in [0.05, 0.1) is 17.0 Å². The summed E-state index contributed by atoms with van der Waals surface area (Å²) in [6.07, 6.45) is 0. The molecule has 0 atom stereocenters. The summed E-state index contributed by atoms with van der Waals surface area (Å²) < 4.78 is 13.2. The van der Waals surface area contributed by atoms with Crippen LogP contribution in [0.3, 0.4) is 0 Å². The highest BCUT2D eigenvalue weighted by Gasteiger charge is 2.16. The average Bonchev–Trinajstić information content (AvgIpc) is 2.26. The Labute approximate surface area is 94.3 Å². The summed E-state index contributed by atoms with van der Waals surface area (Å²) in [5.41, 5.74) is 7.08.